The molecule has 3 aromatic heterocycles. The van der Waals surface area contributed by atoms with Gasteiger partial charge in [0, 0.05) is 18.1 Å². The number of H-pyrrole nitrogens is 1. The zero-order chi connectivity index (χ0) is 12.5. The summed E-state index contributed by atoms with van der Waals surface area (Å²) < 4.78 is 0.821. The Balaban J connectivity index is 1.92. The van der Waals surface area contributed by atoms with Crippen molar-refractivity contribution in [2.24, 2.45) is 0 Å². The average molecular weight is 279 g/mol. The summed E-state index contributed by atoms with van der Waals surface area (Å²) in [6, 6.07) is 5.97. The molecule has 0 atom stereocenters. The minimum atomic E-state index is 0.809. The van der Waals surface area contributed by atoms with E-state index in [1.807, 2.05) is 12.1 Å². The van der Waals surface area contributed by atoms with E-state index in [4.69, 9.17) is 11.6 Å². The molecule has 6 heteroatoms. The van der Waals surface area contributed by atoms with Crippen LogP contribution in [0.4, 0.5) is 5.69 Å². The van der Waals surface area contributed by atoms with Gasteiger partial charge in [0.15, 0.2) is 5.65 Å². The molecule has 0 saturated carbocycles. The van der Waals surface area contributed by atoms with Gasteiger partial charge < -0.3 is 4.90 Å². The van der Waals surface area contributed by atoms with Crippen LogP contribution < -0.4 is 4.90 Å². The Bertz CT molecular complexity index is 675. The van der Waals surface area contributed by atoms with Crippen LogP contribution in [0.15, 0.2) is 30.6 Å². The van der Waals surface area contributed by atoms with Crippen molar-refractivity contribution >= 4 is 39.7 Å². The highest BCUT2D eigenvalue weighted by molar-refractivity contribution is 7.16. The minimum Gasteiger partial charge on any atom is -0.369 e. The van der Waals surface area contributed by atoms with Crippen molar-refractivity contribution < 1.29 is 0 Å². The zero-order valence-electron chi connectivity index (χ0n) is 9.72. The van der Waals surface area contributed by atoms with Crippen LogP contribution in [0, 0.1) is 0 Å². The molecule has 3 heterocycles. The van der Waals surface area contributed by atoms with E-state index in [1.165, 1.54) is 4.88 Å². The predicted octanol–water partition coefficient (Wildman–Crippen LogP) is 3.31. The smallest absolute Gasteiger partial charge is 0.157 e. The fourth-order valence-electron chi connectivity index (χ4n) is 1.93. The summed E-state index contributed by atoms with van der Waals surface area (Å²) in [6.45, 7) is 0.821. The first kappa shape index (κ1) is 11.5. The van der Waals surface area contributed by atoms with Gasteiger partial charge >= 0.3 is 0 Å². The van der Waals surface area contributed by atoms with E-state index < -0.39 is 0 Å². The van der Waals surface area contributed by atoms with Crippen LogP contribution in [0.5, 0.6) is 0 Å². The van der Waals surface area contributed by atoms with E-state index in [9.17, 15) is 0 Å². The molecule has 0 fully saturated rings. The number of nitrogens with zero attached hydrogens (tertiary/aromatic N) is 3. The summed E-state index contributed by atoms with van der Waals surface area (Å²) in [5.41, 5.74) is 1.92. The van der Waals surface area contributed by atoms with Crippen molar-refractivity contribution in [1.29, 1.82) is 0 Å². The van der Waals surface area contributed by atoms with Crippen molar-refractivity contribution in [3.8, 4) is 0 Å². The molecule has 0 spiro atoms. The molecule has 0 aliphatic rings. The lowest BCUT2D eigenvalue weighted by Gasteiger charge is -2.18. The Morgan fingerprint density at radius 3 is 3.06 bits per heavy atom. The summed E-state index contributed by atoms with van der Waals surface area (Å²) in [4.78, 5) is 7.63. The molecular weight excluding hydrogens is 268 g/mol. The summed E-state index contributed by atoms with van der Waals surface area (Å²) in [5, 5.41) is 7.93. The highest BCUT2D eigenvalue weighted by Gasteiger charge is 2.09. The van der Waals surface area contributed by atoms with Crippen LogP contribution in [-0.4, -0.2) is 22.2 Å². The number of aromatic nitrogens is 3. The van der Waals surface area contributed by atoms with E-state index >= 15 is 0 Å². The molecule has 1 N–H and O–H groups in total. The molecule has 0 aliphatic heterocycles. The van der Waals surface area contributed by atoms with E-state index in [2.05, 4.69) is 33.2 Å². The number of nitrogens with one attached hydrogen (secondary N) is 1. The molecule has 18 heavy (non-hydrogen) atoms. The predicted molar refractivity (Wildman–Crippen MR) is 75.3 cm³/mol. The van der Waals surface area contributed by atoms with Gasteiger partial charge in [-0.25, -0.2) is 4.98 Å². The number of thiophene rings is 1. The molecule has 4 nitrogen and oxygen atoms in total. The van der Waals surface area contributed by atoms with Gasteiger partial charge in [-0.3, -0.25) is 5.10 Å². The number of hydrogen-bond acceptors (Lipinski definition) is 4. The highest BCUT2D eigenvalue weighted by atomic mass is 35.5. The molecule has 0 saturated heterocycles. The van der Waals surface area contributed by atoms with Crippen molar-refractivity contribution in [3.63, 3.8) is 0 Å². The maximum atomic E-state index is 5.94. The summed E-state index contributed by atoms with van der Waals surface area (Å²) in [7, 11) is 2.05. The Hall–Kier alpha value is -1.59. The normalized spacial score (nSPS) is 11.0. The lowest BCUT2D eigenvalue weighted by atomic mass is 10.2. The molecule has 0 unspecified atom stereocenters. The number of halogens is 1. The minimum absolute atomic E-state index is 0.809. The fraction of sp³-hybridized carbons (Fsp3) is 0.167. The first-order valence-corrected chi connectivity index (χ1v) is 6.67. The lowest BCUT2D eigenvalue weighted by Crippen LogP contribution is -2.15. The van der Waals surface area contributed by atoms with E-state index in [0.29, 0.717) is 0 Å². The number of hydrogen-bond donors (Lipinski definition) is 1. The Morgan fingerprint density at radius 2 is 2.28 bits per heavy atom. The van der Waals surface area contributed by atoms with Crippen LogP contribution in [0.25, 0.3) is 11.0 Å². The van der Waals surface area contributed by atoms with Crippen LogP contribution in [0.2, 0.25) is 4.34 Å². The molecule has 0 bridgehead atoms. The summed E-state index contributed by atoms with van der Waals surface area (Å²) in [5.74, 6) is 0. The van der Waals surface area contributed by atoms with Gasteiger partial charge in [-0.15, -0.1) is 11.3 Å². The topological polar surface area (TPSA) is 44.8 Å². The third kappa shape index (κ3) is 2.07. The summed E-state index contributed by atoms with van der Waals surface area (Å²) in [6.07, 6.45) is 3.59. The molecule has 92 valence electrons. The Morgan fingerprint density at radius 1 is 1.39 bits per heavy atom. The average Bonchev–Trinajstić information content (AvgIpc) is 2.97. The molecule has 0 radical (unpaired) electrons. The third-order valence-corrected chi connectivity index (χ3v) is 3.98. The van der Waals surface area contributed by atoms with Gasteiger partial charge in [-0.05, 0) is 18.2 Å². The van der Waals surface area contributed by atoms with Crippen molar-refractivity contribution in [2.45, 2.75) is 6.54 Å². The van der Waals surface area contributed by atoms with Crippen molar-refractivity contribution in [2.75, 3.05) is 11.9 Å². The molecule has 0 aliphatic carbocycles. The molecule has 0 amide bonds. The van der Waals surface area contributed by atoms with Crippen molar-refractivity contribution in [3.05, 3.63) is 39.8 Å². The first-order valence-electron chi connectivity index (χ1n) is 5.47. The summed E-state index contributed by atoms with van der Waals surface area (Å²) >= 11 is 7.55. The number of pyridine rings is 1. The number of fused-ring (bicyclic) bond motifs is 1. The van der Waals surface area contributed by atoms with Gasteiger partial charge in [0.2, 0.25) is 0 Å². The van der Waals surface area contributed by atoms with Crippen LogP contribution in [0.1, 0.15) is 4.88 Å². The van der Waals surface area contributed by atoms with Crippen molar-refractivity contribution in [1.82, 2.24) is 15.2 Å². The SMILES string of the molecule is CN(Cc1ccc(Cl)s1)c1ccnc2[nH]ncc12. The Labute approximate surface area is 113 Å². The number of rotatable bonds is 3. The third-order valence-electron chi connectivity index (χ3n) is 2.76. The van der Waals surface area contributed by atoms with Gasteiger partial charge in [0.05, 0.1) is 28.2 Å². The zero-order valence-corrected chi connectivity index (χ0v) is 11.3. The molecule has 3 aromatic rings. The van der Waals surface area contributed by atoms with E-state index in [-0.39, 0.29) is 0 Å². The van der Waals surface area contributed by atoms with Gasteiger partial charge in [-0.1, -0.05) is 11.6 Å². The van der Waals surface area contributed by atoms with E-state index in [0.717, 1.165) is 27.6 Å². The first-order chi connectivity index (χ1) is 8.74. The number of anilines is 1. The van der Waals surface area contributed by atoms with Crippen LogP contribution in [0.3, 0.4) is 0 Å². The van der Waals surface area contributed by atoms with Crippen LogP contribution in [-0.2, 0) is 6.54 Å². The van der Waals surface area contributed by atoms with Crippen LogP contribution >= 0.6 is 22.9 Å². The van der Waals surface area contributed by atoms with Gasteiger partial charge in [0.1, 0.15) is 0 Å². The van der Waals surface area contributed by atoms with E-state index in [1.54, 1.807) is 23.7 Å². The molecular formula is C12H11ClN4S. The largest absolute Gasteiger partial charge is 0.369 e. The second-order valence-electron chi connectivity index (χ2n) is 4.02. The standard InChI is InChI=1S/C12H11ClN4S/c1-17(7-8-2-3-11(13)18-8)10-4-5-14-12-9(10)6-15-16-12/h2-6H,7H2,1H3,(H,14,15,16). The second kappa shape index (κ2) is 4.59. The lowest BCUT2D eigenvalue weighted by molar-refractivity contribution is 0.944. The maximum Gasteiger partial charge on any atom is 0.157 e. The fourth-order valence-corrected chi connectivity index (χ4v) is 3.07. The van der Waals surface area contributed by atoms with Gasteiger partial charge in [0.25, 0.3) is 0 Å². The highest BCUT2D eigenvalue weighted by Crippen LogP contribution is 2.27. The second-order valence-corrected chi connectivity index (χ2v) is 5.82. The molecule has 3 rings (SSSR count). The molecule has 0 aromatic carbocycles. The van der Waals surface area contributed by atoms with Gasteiger partial charge in [-0.2, -0.15) is 5.10 Å². The quantitative estimate of drug-likeness (QED) is 0.799. The monoisotopic (exact) mass is 278 g/mol. The number of aromatic amines is 1. The maximum absolute atomic E-state index is 5.94. The Kier molecular flexibility index (Phi) is 2.93.